The zero-order chi connectivity index (χ0) is 13.8. The van der Waals surface area contributed by atoms with E-state index in [-0.39, 0.29) is 5.91 Å². The van der Waals surface area contributed by atoms with E-state index in [4.69, 9.17) is 0 Å². The Kier molecular flexibility index (Phi) is 4.74. The first-order chi connectivity index (χ1) is 9.09. The molecule has 0 bridgehead atoms. The van der Waals surface area contributed by atoms with Gasteiger partial charge < -0.3 is 0 Å². The van der Waals surface area contributed by atoms with Gasteiger partial charge in [0.1, 0.15) is 5.69 Å². The second-order valence-electron chi connectivity index (χ2n) is 4.99. The van der Waals surface area contributed by atoms with E-state index in [0.29, 0.717) is 11.6 Å². The summed E-state index contributed by atoms with van der Waals surface area (Å²) in [6.45, 7) is 1.85. The highest BCUT2D eigenvalue weighted by Gasteiger charge is 2.18. The van der Waals surface area contributed by atoms with Gasteiger partial charge in [-0.05, 0) is 41.6 Å². The SMILES string of the molecule is Cc1nn(C)c(C(=O)N/N=C/C2CCCCC2)c1Br. The van der Waals surface area contributed by atoms with Crippen molar-refractivity contribution in [1.82, 2.24) is 15.2 Å². The Morgan fingerprint density at radius 1 is 1.47 bits per heavy atom. The van der Waals surface area contributed by atoms with Crippen molar-refractivity contribution in [2.45, 2.75) is 39.0 Å². The number of halogens is 1. The Balaban J connectivity index is 1.95. The highest BCUT2D eigenvalue weighted by molar-refractivity contribution is 9.10. The van der Waals surface area contributed by atoms with Crippen molar-refractivity contribution in [3.8, 4) is 0 Å². The van der Waals surface area contributed by atoms with E-state index >= 15 is 0 Å². The van der Waals surface area contributed by atoms with Crippen LogP contribution in [0.25, 0.3) is 0 Å². The molecule has 1 aliphatic rings. The number of amides is 1. The first kappa shape index (κ1) is 14.2. The summed E-state index contributed by atoms with van der Waals surface area (Å²) < 4.78 is 2.28. The molecule has 5 nitrogen and oxygen atoms in total. The van der Waals surface area contributed by atoms with E-state index in [1.807, 2.05) is 13.1 Å². The minimum atomic E-state index is -0.234. The van der Waals surface area contributed by atoms with Crippen LogP contribution in [-0.2, 0) is 7.05 Å². The van der Waals surface area contributed by atoms with Gasteiger partial charge in [0.2, 0.25) is 0 Å². The molecule has 19 heavy (non-hydrogen) atoms. The molecule has 1 aromatic rings. The normalized spacial score (nSPS) is 17.0. The van der Waals surface area contributed by atoms with Crippen LogP contribution in [0.4, 0.5) is 0 Å². The molecule has 0 aromatic carbocycles. The maximum atomic E-state index is 12.0. The van der Waals surface area contributed by atoms with Crippen LogP contribution < -0.4 is 5.43 Å². The average Bonchev–Trinajstić information content (AvgIpc) is 2.64. The number of rotatable bonds is 3. The lowest BCUT2D eigenvalue weighted by Crippen LogP contribution is -2.22. The summed E-state index contributed by atoms with van der Waals surface area (Å²) in [7, 11) is 1.75. The highest BCUT2D eigenvalue weighted by atomic mass is 79.9. The number of hydrogen-bond donors (Lipinski definition) is 1. The van der Waals surface area contributed by atoms with E-state index < -0.39 is 0 Å². The largest absolute Gasteiger partial charge is 0.290 e. The van der Waals surface area contributed by atoms with Gasteiger partial charge in [-0.25, -0.2) is 5.43 Å². The number of nitrogens with zero attached hydrogens (tertiary/aromatic N) is 3. The summed E-state index contributed by atoms with van der Waals surface area (Å²) in [4.78, 5) is 12.0. The van der Waals surface area contributed by atoms with Gasteiger partial charge >= 0.3 is 0 Å². The van der Waals surface area contributed by atoms with Crippen LogP contribution in [0.3, 0.4) is 0 Å². The molecule has 0 atom stereocenters. The molecule has 1 N–H and O–H groups in total. The fraction of sp³-hybridized carbons (Fsp3) is 0.615. The van der Waals surface area contributed by atoms with Crippen molar-refractivity contribution in [1.29, 1.82) is 0 Å². The fourth-order valence-corrected chi connectivity index (χ4v) is 2.93. The number of hydrogen-bond acceptors (Lipinski definition) is 3. The third-order valence-corrected chi connectivity index (χ3v) is 4.41. The number of aromatic nitrogens is 2. The molecule has 104 valence electrons. The molecule has 1 amide bonds. The second kappa shape index (κ2) is 6.32. The Hall–Kier alpha value is -1.17. The molecule has 0 radical (unpaired) electrons. The first-order valence-corrected chi connectivity index (χ1v) is 7.41. The van der Waals surface area contributed by atoms with Gasteiger partial charge in [0.25, 0.3) is 5.91 Å². The molecule has 0 saturated heterocycles. The molecule has 0 aliphatic heterocycles. The third-order valence-electron chi connectivity index (χ3n) is 3.47. The van der Waals surface area contributed by atoms with Crippen molar-refractivity contribution in [2.75, 3.05) is 0 Å². The van der Waals surface area contributed by atoms with Crippen molar-refractivity contribution in [3.05, 3.63) is 15.9 Å². The van der Waals surface area contributed by atoms with Crippen LogP contribution in [-0.4, -0.2) is 21.9 Å². The van der Waals surface area contributed by atoms with Gasteiger partial charge in [-0.15, -0.1) is 0 Å². The van der Waals surface area contributed by atoms with Crippen LogP contribution in [0.15, 0.2) is 9.57 Å². The van der Waals surface area contributed by atoms with E-state index in [2.05, 4.69) is 31.6 Å². The minimum absolute atomic E-state index is 0.234. The lowest BCUT2D eigenvalue weighted by molar-refractivity contribution is 0.0944. The summed E-state index contributed by atoms with van der Waals surface area (Å²) in [6, 6.07) is 0. The quantitative estimate of drug-likeness (QED) is 0.685. The zero-order valence-corrected chi connectivity index (χ0v) is 12.9. The number of carbonyl (C=O) groups is 1. The lowest BCUT2D eigenvalue weighted by Gasteiger charge is -2.16. The molecule has 1 fully saturated rings. The Morgan fingerprint density at radius 3 is 2.74 bits per heavy atom. The smallest absolute Gasteiger partial charge is 0.266 e. The topological polar surface area (TPSA) is 59.3 Å². The predicted octanol–water partition coefficient (Wildman–Crippen LogP) is 2.79. The second-order valence-corrected chi connectivity index (χ2v) is 5.78. The molecule has 6 heteroatoms. The van der Waals surface area contributed by atoms with Gasteiger partial charge in [0, 0.05) is 13.3 Å². The van der Waals surface area contributed by atoms with Gasteiger partial charge in [-0.2, -0.15) is 10.2 Å². The summed E-state index contributed by atoms with van der Waals surface area (Å²) in [5, 5.41) is 8.26. The first-order valence-electron chi connectivity index (χ1n) is 6.62. The minimum Gasteiger partial charge on any atom is -0.266 e. The van der Waals surface area contributed by atoms with Gasteiger partial charge in [-0.3, -0.25) is 9.48 Å². The molecule has 2 rings (SSSR count). The number of aryl methyl sites for hydroxylation is 2. The van der Waals surface area contributed by atoms with Crippen molar-refractivity contribution >= 4 is 28.1 Å². The zero-order valence-electron chi connectivity index (χ0n) is 11.3. The molecule has 1 aliphatic carbocycles. The Labute approximate surface area is 121 Å². The van der Waals surface area contributed by atoms with E-state index in [0.717, 1.165) is 10.2 Å². The van der Waals surface area contributed by atoms with Gasteiger partial charge in [-0.1, -0.05) is 19.3 Å². The molecule has 1 saturated carbocycles. The molecule has 1 aromatic heterocycles. The molecular weight excluding hydrogens is 308 g/mol. The Bertz CT molecular complexity index is 489. The molecule has 1 heterocycles. The van der Waals surface area contributed by atoms with Crippen molar-refractivity contribution in [2.24, 2.45) is 18.1 Å². The maximum absolute atomic E-state index is 12.0. The van der Waals surface area contributed by atoms with E-state index in [9.17, 15) is 4.79 Å². The molecule has 0 spiro atoms. The van der Waals surface area contributed by atoms with Crippen LogP contribution in [0, 0.1) is 12.8 Å². The van der Waals surface area contributed by atoms with E-state index in [1.54, 1.807) is 11.7 Å². The van der Waals surface area contributed by atoms with E-state index in [1.165, 1.54) is 32.1 Å². The maximum Gasteiger partial charge on any atom is 0.290 e. The van der Waals surface area contributed by atoms with Gasteiger partial charge in [0.15, 0.2) is 0 Å². The predicted molar refractivity (Wildman–Crippen MR) is 78.2 cm³/mol. The molecular formula is C13H19BrN4O. The molecule has 0 unspecified atom stereocenters. The Morgan fingerprint density at radius 2 is 2.16 bits per heavy atom. The van der Waals surface area contributed by atoms with Crippen LogP contribution in [0.5, 0.6) is 0 Å². The fourth-order valence-electron chi connectivity index (χ4n) is 2.42. The van der Waals surface area contributed by atoms with Crippen molar-refractivity contribution < 1.29 is 4.79 Å². The van der Waals surface area contributed by atoms with Crippen LogP contribution >= 0.6 is 15.9 Å². The summed E-state index contributed by atoms with van der Waals surface area (Å²) >= 11 is 3.37. The monoisotopic (exact) mass is 326 g/mol. The van der Waals surface area contributed by atoms with Crippen LogP contribution in [0.1, 0.15) is 48.3 Å². The highest BCUT2D eigenvalue weighted by Crippen LogP contribution is 2.22. The third kappa shape index (κ3) is 3.43. The van der Waals surface area contributed by atoms with Gasteiger partial charge in [0.05, 0.1) is 10.2 Å². The lowest BCUT2D eigenvalue weighted by atomic mass is 9.90. The van der Waals surface area contributed by atoms with Crippen molar-refractivity contribution in [3.63, 3.8) is 0 Å². The summed E-state index contributed by atoms with van der Waals surface area (Å²) in [6.07, 6.45) is 8.06. The summed E-state index contributed by atoms with van der Waals surface area (Å²) in [5.41, 5.74) is 3.87. The standard InChI is InChI=1S/C13H19BrN4O/c1-9-11(14)12(18(2)17-9)13(19)16-15-8-10-6-4-3-5-7-10/h8,10H,3-7H2,1-2H3,(H,16,19)/b15-8+. The number of hydrazone groups is 1. The average molecular weight is 327 g/mol. The number of nitrogens with one attached hydrogen (secondary N) is 1. The van der Waals surface area contributed by atoms with Crippen LogP contribution in [0.2, 0.25) is 0 Å². The summed E-state index contributed by atoms with van der Waals surface area (Å²) in [5.74, 6) is 0.271. The number of carbonyl (C=O) groups excluding carboxylic acids is 1.